The Labute approximate surface area is 154 Å². The van der Waals surface area contributed by atoms with Gasteiger partial charge in [-0.25, -0.2) is 4.98 Å². The van der Waals surface area contributed by atoms with E-state index in [2.05, 4.69) is 9.88 Å². The molecule has 0 saturated carbocycles. The molecule has 0 radical (unpaired) electrons. The van der Waals surface area contributed by atoms with Crippen LogP contribution in [0.25, 0.3) is 12.2 Å². The normalized spacial score (nSPS) is 18.2. The molecule has 4 rings (SSSR count). The number of anilines is 1. The first-order valence-electron chi connectivity index (χ1n) is 7.98. The minimum atomic E-state index is 0.133. The molecule has 1 aliphatic rings. The van der Waals surface area contributed by atoms with Gasteiger partial charge in [-0.1, -0.05) is 18.2 Å². The number of ketones is 1. The van der Waals surface area contributed by atoms with Gasteiger partial charge in [0.2, 0.25) is 0 Å². The van der Waals surface area contributed by atoms with Crippen LogP contribution in [-0.2, 0) is 4.79 Å². The van der Waals surface area contributed by atoms with Gasteiger partial charge in [0, 0.05) is 40.2 Å². The lowest BCUT2D eigenvalue weighted by Crippen LogP contribution is -2.38. The predicted octanol–water partition coefficient (Wildman–Crippen LogP) is 4.76. The van der Waals surface area contributed by atoms with Crippen LogP contribution in [-0.4, -0.2) is 23.9 Å². The number of pyridine rings is 1. The van der Waals surface area contributed by atoms with Crippen molar-refractivity contribution in [3.63, 3.8) is 0 Å². The highest BCUT2D eigenvalue weighted by Crippen LogP contribution is 2.27. The van der Waals surface area contributed by atoms with Crippen LogP contribution < -0.4 is 4.90 Å². The summed E-state index contributed by atoms with van der Waals surface area (Å²) in [5, 5.41) is 4.05. The van der Waals surface area contributed by atoms with Crippen molar-refractivity contribution in [3.8, 4) is 0 Å². The molecule has 4 heterocycles. The van der Waals surface area contributed by atoms with Gasteiger partial charge in [-0.2, -0.15) is 0 Å². The van der Waals surface area contributed by atoms with E-state index in [4.69, 9.17) is 0 Å². The Kier molecular flexibility index (Phi) is 4.59. The van der Waals surface area contributed by atoms with Crippen molar-refractivity contribution in [1.29, 1.82) is 0 Å². The zero-order valence-corrected chi connectivity index (χ0v) is 15.1. The van der Waals surface area contributed by atoms with E-state index in [1.54, 1.807) is 28.9 Å². The Morgan fingerprint density at radius 1 is 0.880 bits per heavy atom. The summed E-state index contributed by atoms with van der Waals surface area (Å²) < 4.78 is 0. The second kappa shape index (κ2) is 7.17. The Balaban J connectivity index is 1.73. The molecule has 1 saturated heterocycles. The van der Waals surface area contributed by atoms with Gasteiger partial charge >= 0.3 is 0 Å². The maximum Gasteiger partial charge on any atom is 0.188 e. The highest BCUT2D eigenvalue weighted by atomic mass is 32.1. The van der Waals surface area contributed by atoms with Crippen molar-refractivity contribution >= 4 is 46.4 Å². The number of thiophene rings is 2. The molecule has 3 aromatic rings. The number of hydrogen-bond donors (Lipinski definition) is 0. The molecule has 25 heavy (non-hydrogen) atoms. The molecule has 1 aliphatic heterocycles. The second-order valence-electron chi connectivity index (χ2n) is 5.74. The lowest BCUT2D eigenvalue weighted by molar-refractivity contribution is -0.112. The summed E-state index contributed by atoms with van der Waals surface area (Å²) in [6, 6.07) is 13.9. The molecule has 3 aromatic heterocycles. The SMILES string of the molecule is O=C1/C(=C/c2cccs2)CN(c2ccccn2)C/C1=C\c1cccs1. The van der Waals surface area contributed by atoms with Gasteiger partial charge in [-0.3, -0.25) is 4.79 Å². The fraction of sp³-hybridized carbons (Fsp3) is 0.100. The predicted molar refractivity (Wildman–Crippen MR) is 106 cm³/mol. The minimum Gasteiger partial charge on any atom is -0.348 e. The Hall–Kier alpha value is -2.50. The number of nitrogens with zero attached hydrogens (tertiary/aromatic N) is 2. The van der Waals surface area contributed by atoms with Gasteiger partial charge in [-0.05, 0) is 47.2 Å². The van der Waals surface area contributed by atoms with Crippen molar-refractivity contribution < 1.29 is 4.79 Å². The average Bonchev–Trinajstić information content (AvgIpc) is 3.33. The first-order valence-corrected chi connectivity index (χ1v) is 9.74. The zero-order valence-electron chi connectivity index (χ0n) is 13.5. The molecule has 0 spiro atoms. The number of aromatic nitrogens is 1. The van der Waals surface area contributed by atoms with E-state index < -0.39 is 0 Å². The fourth-order valence-electron chi connectivity index (χ4n) is 2.83. The molecule has 0 unspecified atom stereocenters. The van der Waals surface area contributed by atoms with Crippen LogP contribution in [0, 0.1) is 0 Å². The molecule has 0 aromatic carbocycles. The minimum absolute atomic E-state index is 0.133. The van der Waals surface area contributed by atoms with Crippen molar-refractivity contribution in [3.05, 3.63) is 80.3 Å². The molecular weight excluding hydrogens is 348 g/mol. The molecular formula is C20H16N2OS2. The number of hydrogen-bond acceptors (Lipinski definition) is 5. The Bertz CT molecular complexity index is 854. The maximum atomic E-state index is 13.0. The molecule has 3 nitrogen and oxygen atoms in total. The molecule has 0 bridgehead atoms. The second-order valence-corrected chi connectivity index (χ2v) is 7.70. The molecule has 124 valence electrons. The lowest BCUT2D eigenvalue weighted by Gasteiger charge is -2.30. The molecule has 1 fully saturated rings. The summed E-state index contributed by atoms with van der Waals surface area (Å²) in [5.41, 5.74) is 1.62. The van der Waals surface area contributed by atoms with Crippen LogP contribution >= 0.6 is 22.7 Å². The zero-order chi connectivity index (χ0) is 17.1. The molecule has 0 N–H and O–H groups in total. The number of rotatable bonds is 3. The average molecular weight is 364 g/mol. The number of Topliss-reactive ketones (excluding diaryl/α,β-unsaturated/α-hetero) is 1. The van der Waals surface area contributed by atoms with E-state index in [1.165, 1.54) is 0 Å². The lowest BCUT2D eigenvalue weighted by atomic mass is 9.96. The quantitative estimate of drug-likeness (QED) is 0.628. The first kappa shape index (κ1) is 16.0. The highest BCUT2D eigenvalue weighted by molar-refractivity contribution is 7.11. The summed E-state index contributed by atoms with van der Waals surface area (Å²) in [7, 11) is 0. The van der Waals surface area contributed by atoms with Gasteiger partial charge < -0.3 is 4.90 Å². The van der Waals surface area contributed by atoms with Crippen LogP contribution in [0.2, 0.25) is 0 Å². The Morgan fingerprint density at radius 3 is 2.00 bits per heavy atom. The molecule has 0 amide bonds. The molecule has 0 aliphatic carbocycles. The third-order valence-corrected chi connectivity index (χ3v) is 5.64. The maximum absolute atomic E-state index is 13.0. The fourth-order valence-corrected chi connectivity index (χ4v) is 4.20. The van der Waals surface area contributed by atoms with E-state index >= 15 is 0 Å². The first-order chi connectivity index (χ1) is 12.3. The van der Waals surface area contributed by atoms with Crippen molar-refractivity contribution in [1.82, 2.24) is 4.98 Å². The van der Waals surface area contributed by atoms with Crippen molar-refractivity contribution in [2.75, 3.05) is 18.0 Å². The van der Waals surface area contributed by atoms with Gasteiger partial charge in [0.05, 0.1) is 0 Å². The topological polar surface area (TPSA) is 33.2 Å². The highest BCUT2D eigenvalue weighted by Gasteiger charge is 2.27. The summed E-state index contributed by atoms with van der Waals surface area (Å²) in [6.07, 6.45) is 5.80. The number of carbonyl (C=O) groups is 1. The smallest absolute Gasteiger partial charge is 0.188 e. The third-order valence-electron chi connectivity index (χ3n) is 4.00. The number of carbonyl (C=O) groups excluding carboxylic acids is 1. The van der Waals surface area contributed by atoms with Crippen molar-refractivity contribution in [2.24, 2.45) is 0 Å². The van der Waals surface area contributed by atoms with E-state index in [9.17, 15) is 4.79 Å². The van der Waals surface area contributed by atoms with Crippen LogP contribution in [0.5, 0.6) is 0 Å². The summed E-state index contributed by atoms with van der Waals surface area (Å²) >= 11 is 3.28. The summed E-state index contributed by atoms with van der Waals surface area (Å²) in [4.78, 5) is 21.8. The summed E-state index contributed by atoms with van der Waals surface area (Å²) in [5.74, 6) is 1.03. The van der Waals surface area contributed by atoms with Crippen LogP contribution in [0.3, 0.4) is 0 Å². The van der Waals surface area contributed by atoms with E-state index in [0.717, 1.165) is 26.7 Å². The van der Waals surface area contributed by atoms with E-state index in [1.807, 2.05) is 65.4 Å². The largest absolute Gasteiger partial charge is 0.348 e. The van der Waals surface area contributed by atoms with Gasteiger partial charge in [-0.15, -0.1) is 22.7 Å². The third kappa shape index (κ3) is 3.62. The van der Waals surface area contributed by atoms with E-state index in [-0.39, 0.29) is 5.78 Å². The van der Waals surface area contributed by atoms with Crippen LogP contribution in [0.4, 0.5) is 5.82 Å². The standard InChI is InChI=1S/C20H16N2OS2/c23-20-15(11-17-5-3-9-24-17)13-22(19-7-1-2-8-21-19)14-16(20)12-18-6-4-10-25-18/h1-12H,13-14H2/b15-11+,16-12+. The van der Waals surface area contributed by atoms with Gasteiger partial charge in [0.1, 0.15) is 5.82 Å². The Morgan fingerprint density at radius 2 is 1.52 bits per heavy atom. The molecule has 0 atom stereocenters. The molecule has 5 heteroatoms. The van der Waals surface area contributed by atoms with Gasteiger partial charge in [0.15, 0.2) is 5.78 Å². The van der Waals surface area contributed by atoms with E-state index in [0.29, 0.717) is 13.1 Å². The summed E-state index contributed by atoms with van der Waals surface area (Å²) in [6.45, 7) is 1.16. The van der Waals surface area contributed by atoms with Crippen LogP contribution in [0.1, 0.15) is 9.75 Å². The van der Waals surface area contributed by atoms with Crippen LogP contribution in [0.15, 0.2) is 70.6 Å². The van der Waals surface area contributed by atoms with Crippen molar-refractivity contribution in [2.45, 2.75) is 0 Å². The monoisotopic (exact) mass is 364 g/mol. The van der Waals surface area contributed by atoms with Gasteiger partial charge in [0.25, 0.3) is 0 Å². The number of piperidine rings is 1.